The highest BCUT2D eigenvalue weighted by Crippen LogP contribution is 2.21. The monoisotopic (exact) mass is 274 g/mol. The van der Waals surface area contributed by atoms with Crippen LogP contribution in [0.1, 0.15) is 5.56 Å². The zero-order valence-corrected chi connectivity index (χ0v) is 11.9. The van der Waals surface area contributed by atoms with Crippen molar-refractivity contribution in [3.63, 3.8) is 0 Å². The highest BCUT2D eigenvalue weighted by Gasteiger charge is 2.14. The lowest BCUT2D eigenvalue weighted by Gasteiger charge is -2.32. The number of anilines is 2. The number of nitrogens with two attached hydrogens (primary N) is 1. The molecule has 1 fully saturated rings. The number of hydrogen-bond acceptors (Lipinski definition) is 4. The van der Waals surface area contributed by atoms with Gasteiger partial charge in [-0.1, -0.05) is 12.6 Å². The fourth-order valence-corrected chi connectivity index (χ4v) is 2.26. The molecule has 2 rings (SSSR count). The maximum absolute atomic E-state index is 11.4. The molecule has 5 heteroatoms. The fourth-order valence-electron chi connectivity index (χ4n) is 2.26. The van der Waals surface area contributed by atoms with Gasteiger partial charge in [-0.2, -0.15) is 0 Å². The minimum atomic E-state index is -0.242. The van der Waals surface area contributed by atoms with Gasteiger partial charge < -0.3 is 16.0 Å². The molecule has 0 saturated carbocycles. The quantitative estimate of drug-likeness (QED) is 0.638. The van der Waals surface area contributed by atoms with Gasteiger partial charge in [0.1, 0.15) is 0 Å². The summed E-state index contributed by atoms with van der Waals surface area (Å²) in [5.41, 5.74) is 8.26. The third kappa shape index (κ3) is 3.82. The number of amides is 1. The predicted octanol–water partition coefficient (Wildman–Crippen LogP) is 1.14. The SMILES string of the molecule is C=CC(=O)Nc1cc(CN2CCN(C)CC2)ccc1N. The lowest BCUT2D eigenvalue weighted by atomic mass is 10.1. The number of hydrogen-bond donors (Lipinski definition) is 2. The van der Waals surface area contributed by atoms with Crippen LogP contribution in [-0.4, -0.2) is 48.9 Å². The third-order valence-corrected chi connectivity index (χ3v) is 3.56. The lowest BCUT2D eigenvalue weighted by molar-refractivity contribution is -0.111. The van der Waals surface area contributed by atoms with Gasteiger partial charge in [-0.05, 0) is 30.8 Å². The van der Waals surface area contributed by atoms with Crippen LogP contribution < -0.4 is 11.1 Å². The molecule has 1 aromatic rings. The molecule has 5 nitrogen and oxygen atoms in total. The van der Waals surface area contributed by atoms with E-state index < -0.39 is 0 Å². The fraction of sp³-hybridized carbons (Fsp3) is 0.400. The van der Waals surface area contributed by atoms with E-state index in [0.29, 0.717) is 11.4 Å². The smallest absolute Gasteiger partial charge is 0.247 e. The van der Waals surface area contributed by atoms with Gasteiger partial charge in [0.25, 0.3) is 0 Å². The Morgan fingerprint density at radius 3 is 2.75 bits per heavy atom. The number of rotatable bonds is 4. The molecule has 0 unspecified atom stereocenters. The predicted molar refractivity (Wildman–Crippen MR) is 82.5 cm³/mol. The Morgan fingerprint density at radius 2 is 2.10 bits per heavy atom. The van der Waals surface area contributed by atoms with Crippen molar-refractivity contribution in [2.75, 3.05) is 44.3 Å². The molecule has 0 aromatic heterocycles. The van der Waals surface area contributed by atoms with Crippen molar-refractivity contribution in [3.05, 3.63) is 36.4 Å². The number of nitrogens with zero attached hydrogens (tertiary/aromatic N) is 2. The van der Waals surface area contributed by atoms with Crippen molar-refractivity contribution < 1.29 is 4.79 Å². The Kier molecular flexibility index (Phi) is 4.76. The van der Waals surface area contributed by atoms with Crippen LogP contribution in [0.25, 0.3) is 0 Å². The Balaban J connectivity index is 2.03. The van der Waals surface area contributed by atoms with Gasteiger partial charge in [-0.15, -0.1) is 0 Å². The lowest BCUT2D eigenvalue weighted by Crippen LogP contribution is -2.43. The Bertz CT molecular complexity index is 493. The average Bonchev–Trinajstić information content (AvgIpc) is 2.45. The number of carbonyl (C=O) groups is 1. The van der Waals surface area contributed by atoms with Gasteiger partial charge in [-0.3, -0.25) is 9.69 Å². The molecule has 1 aromatic carbocycles. The highest BCUT2D eigenvalue weighted by atomic mass is 16.1. The summed E-state index contributed by atoms with van der Waals surface area (Å²) in [7, 11) is 2.14. The van der Waals surface area contributed by atoms with Crippen LogP contribution in [0.5, 0.6) is 0 Å². The molecule has 1 amide bonds. The molecule has 0 aliphatic carbocycles. The topological polar surface area (TPSA) is 61.6 Å². The second-order valence-electron chi connectivity index (χ2n) is 5.19. The van der Waals surface area contributed by atoms with Crippen LogP contribution in [-0.2, 0) is 11.3 Å². The molecule has 0 spiro atoms. The standard InChI is InChI=1S/C15H22N4O/c1-3-15(20)17-14-10-12(4-5-13(14)16)11-19-8-6-18(2)7-9-19/h3-5,10H,1,6-9,11,16H2,2H3,(H,17,20). The average molecular weight is 274 g/mol. The second-order valence-corrected chi connectivity index (χ2v) is 5.19. The van der Waals surface area contributed by atoms with Gasteiger partial charge in [-0.25, -0.2) is 0 Å². The van der Waals surface area contributed by atoms with Crippen molar-refractivity contribution in [1.29, 1.82) is 0 Å². The van der Waals surface area contributed by atoms with Crippen molar-refractivity contribution in [2.24, 2.45) is 0 Å². The van der Waals surface area contributed by atoms with Crippen molar-refractivity contribution in [3.8, 4) is 0 Å². The largest absolute Gasteiger partial charge is 0.397 e. The summed E-state index contributed by atoms with van der Waals surface area (Å²) >= 11 is 0. The molecular formula is C15H22N4O. The molecule has 1 aliphatic rings. The summed E-state index contributed by atoms with van der Waals surface area (Å²) in [5.74, 6) is -0.242. The van der Waals surface area contributed by atoms with Crippen molar-refractivity contribution in [2.45, 2.75) is 6.54 Å². The van der Waals surface area contributed by atoms with E-state index >= 15 is 0 Å². The summed E-state index contributed by atoms with van der Waals surface area (Å²) in [4.78, 5) is 16.1. The number of piperazine rings is 1. The van der Waals surface area contributed by atoms with E-state index in [1.165, 1.54) is 6.08 Å². The van der Waals surface area contributed by atoms with E-state index in [4.69, 9.17) is 5.73 Å². The summed E-state index contributed by atoms with van der Waals surface area (Å²) < 4.78 is 0. The van der Waals surface area contributed by atoms with Crippen LogP contribution >= 0.6 is 0 Å². The second kappa shape index (κ2) is 6.54. The Labute approximate surface area is 120 Å². The maximum atomic E-state index is 11.4. The Hall–Kier alpha value is -1.85. The number of nitrogens with one attached hydrogen (secondary N) is 1. The molecular weight excluding hydrogens is 252 g/mol. The van der Waals surface area contributed by atoms with Crippen LogP contribution in [0.15, 0.2) is 30.9 Å². The molecule has 1 saturated heterocycles. The van der Waals surface area contributed by atoms with Gasteiger partial charge in [0, 0.05) is 32.7 Å². The first-order valence-corrected chi connectivity index (χ1v) is 6.81. The molecule has 108 valence electrons. The molecule has 20 heavy (non-hydrogen) atoms. The first-order chi connectivity index (χ1) is 9.58. The molecule has 0 bridgehead atoms. The number of carbonyl (C=O) groups excluding carboxylic acids is 1. The highest BCUT2D eigenvalue weighted by molar-refractivity contribution is 6.00. The number of nitrogen functional groups attached to an aromatic ring is 1. The van der Waals surface area contributed by atoms with Gasteiger partial charge in [0.15, 0.2) is 0 Å². The summed E-state index contributed by atoms with van der Waals surface area (Å²) in [6.07, 6.45) is 1.24. The van der Waals surface area contributed by atoms with E-state index in [-0.39, 0.29) is 5.91 Å². The van der Waals surface area contributed by atoms with Gasteiger partial charge in [0.05, 0.1) is 11.4 Å². The zero-order chi connectivity index (χ0) is 14.5. The van der Waals surface area contributed by atoms with E-state index in [2.05, 4.69) is 28.7 Å². The van der Waals surface area contributed by atoms with Crippen molar-refractivity contribution >= 4 is 17.3 Å². The van der Waals surface area contributed by atoms with E-state index in [1.807, 2.05) is 18.2 Å². The van der Waals surface area contributed by atoms with Crippen molar-refractivity contribution in [1.82, 2.24) is 9.80 Å². The summed E-state index contributed by atoms with van der Waals surface area (Å²) in [6.45, 7) is 8.64. The van der Waals surface area contributed by atoms with Crippen LogP contribution in [0.4, 0.5) is 11.4 Å². The molecule has 0 atom stereocenters. The molecule has 1 heterocycles. The Morgan fingerprint density at radius 1 is 1.40 bits per heavy atom. The maximum Gasteiger partial charge on any atom is 0.247 e. The normalized spacial score (nSPS) is 16.9. The minimum absolute atomic E-state index is 0.242. The minimum Gasteiger partial charge on any atom is -0.397 e. The molecule has 3 N–H and O–H groups in total. The van der Waals surface area contributed by atoms with Gasteiger partial charge >= 0.3 is 0 Å². The molecule has 0 radical (unpaired) electrons. The number of likely N-dealkylation sites (N-methyl/N-ethyl adjacent to an activating group) is 1. The van der Waals surface area contributed by atoms with E-state index in [9.17, 15) is 4.79 Å². The summed E-state index contributed by atoms with van der Waals surface area (Å²) in [6, 6.07) is 5.79. The molecule has 1 aliphatic heterocycles. The van der Waals surface area contributed by atoms with E-state index in [1.54, 1.807) is 0 Å². The summed E-state index contributed by atoms with van der Waals surface area (Å²) in [5, 5.41) is 2.74. The zero-order valence-electron chi connectivity index (χ0n) is 11.9. The first kappa shape index (κ1) is 14.6. The van der Waals surface area contributed by atoms with Crippen LogP contribution in [0.3, 0.4) is 0 Å². The van der Waals surface area contributed by atoms with Gasteiger partial charge in [0.2, 0.25) is 5.91 Å². The van der Waals surface area contributed by atoms with Crippen LogP contribution in [0, 0.1) is 0 Å². The van der Waals surface area contributed by atoms with Crippen LogP contribution in [0.2, 0.25) is 0 Å². The first-order valence-electron chi connectivity index (χ1n) is 6.81. The number of benzene rings is 1. The third-order valence-electron chi connectivity index (χ3n) is 3.56. The van der Waals surface area contributed by atoms with E-state index in [0.717, 1.165) is 38.3 Å².